The highest BCUT2D eigenvalue weighted by molar-refractivity contribution is 9.09. The minimum Gasteiger partial charge on any atom is -1.00 e. The molecule has 0 aliphatic heterocycles. The highest BCUT2D eigenvalue weighted by Gasteiger charge is 2.13. The first kappa shape index (κ1) is 20.4. The van der Waals surface area contributed by atoms with Gasteiger partial charge < -0.3 is 26.8 Å². The van der Waals surface area contributed by atoms with Crippen LogP contribution in [0.2, 0.25) is 0 Å². The van der Waals surface area contributed by atoms with Crippen molar-refractivity contribution >= 4 is 21.8 Å². The average molecular weight is 386 g/mol. The summed E-state index contributed by atoms with van der Waals surface area (Å²) >= 11 is 3.45. The van der Waals surface area contributed by atoms with Crippen molar-refractivity contribution in [3.8, 4) is 0 Å². The van der Waals surface area contributed by atoms with E-state index in [1.165, 1.54) is 31.9 Å². The minimum atomic E-state index is -0.0763. The molecule has 0 radical (unpaired) electrons. The van der Waals surface area contributed by atoms with Crippen LogP contribution in [0.4, 0.5) is 0 Å². The van der Waals surface area contributed by atoms with Crippen LogP contribution in [0.5, 0.6) is 0 Å². The fourth-order valence-corrected chi connectivity index (χ4v) is 2.11. The lowest BCUT2D eigenvalue weighted by Gasteiger charge is -2.29. The van der Waals surface area contributed by atoms with Crippen molar-refractivity contribution in [1.29, 1.82) is 0 Å². The Morgan fingerprint density at radius 1 is 1.22 bits per heavy atom. The molecule has 0 rings (SSSR count). The number of hydrogen-bond donors (Lipinski definition) is 1. The minimum absolute atomic E-state index is 0. The molecular formula is C13H26Br2N2O. The second-order valence-electron chi connectivity index (χ2n) is 4.98. The number of rotatable bonds is 10. The van der Waals surface area contributed by atoms with Crippen LogP contribution in [0.25, 0.3) is 0 Å². The molecule has 0 saturated heterocycles. The van der Waals surface area contributed by atoms with Gasteiger partial charge in [-0.3, -0.25) is 4.79 Å². The fraction of sp³-hybridized carbons (Fsp3) is 0.769. The number of hydrogen-bond acceptors (Lipinski definition) is 1. The van der Waals surface area contributed by atoms with Crippen LogP contribution in [0.3, 0.4) is 0 Å². The van der Waals surface area contributed by atoms with Crippen molar-refractivity contribution in [1.82, 2.24) is 5.32 Å². The van der Waals surface area contributed by atoms with Gasteiger partial charge in [0.15, 0.2) is 0 Å². The summed E-state index contributed by atoms with van der Waals surface area (Å²) in [6, 6.07) is 0. The lowest BCUT2D eigenvalue weighted by molar-refractivity contribution is -0.890. The SMILES string of the molecule is C=CC(=O)NCCC[N+](C)(C)CCCCCBr.[Br-]. The number of unbranched alkanes of at least 4 members (excludes halogenated alkanes) is 2. The maximum Gasteiger partial charge on any atom is 0.243 e. The van der Waals surface area contributed by atoms with Gasteiger partial charge in [0.25, 0.3) is 0 Å². The van der Waals surface area contributed by atoms with Gasteiger partial charge in [0.1, 0.15) is 0 Å². The van der Waals surface area contributed by atoms with Crippen LogP contribution in [0, 0.1) is 0 Å². The van der Waals surface area contributed by atoms with Gasteiger partial charge in [0.2, 0.25) is 5.91 Å². The van der Waals surface area contributed by atoms with Crippen LogP contribution < -0.4 is 22.3 Å². The molecule has 0 heterocycles. The van der Waals surface area contributed by atoms with E-state index < -0.39 is 0 Å². The zero-order chi connectivity index (χ0) is 13.1. The Kier molecular flexibility index (Phi) is 13.8. The lowest BCUT2D eigenvalue weighted by atomic mass is 10.2. The van der Waals surface area contributed by atoms with Gasteiger partial charge in [-0.25, -0.2) is 0 Å². The molecule has 0 aliphatic rings. The molecule has 1 amide bonds. The molecule has 3 nitrogen and oxygen atoms in total. The summed E-state index contributed by atoms with van der Waals surface area (Å²) in [6.07, 6.45) is 6.17. The van der Waals surface area contributed by atoms with Crippen LogP contribution in [0.1, 0.15) is 25.7 Å². The van der Waals surface area contributed by atoms with Crippen molar-refractivity contribution in [3.63, 3.8) is 0 Å². The van der Waals surface area contributed by atoms with E-state index in [4.69, 9.17) is 0 Å². The molecule has 0 aliphatic carbocycles. The number of nitrogens with one attached hydrogen (secondary N) is 1. The summed E-state index contributed by atoms with van der Waals surface area (Å²) in [4.78, 5) is 10.9. The number of amides is 1. The van der Waals surface area contributed by atoms with E-state index in [2.05, 4.69) is 41.9 Å². The normalized spacial score (nSPS) is 10.6. The molecule has 0 bridgehead atoms. The molecule has 108 valence electrons. The number of quaternary nitrogens is 1. The largest absolute Gasteiger partial charge is 1.00 e. The van der Waals surface area contributed by atoms with E-state index in [1.54, 1.807) is 0 Å². The summed E-state index contributed by atoms with van der Waals surface area (Å²) in [6.45, 7) is 6.48. The van der Waals surface area contributed by atoms with Crippen LogP contribution >= 0.6 is 15.9 Å². The Morgan fingerprint density at radius 3 is 2.39 bits per heavy atom. The van der Waals surface area contributed by atoms with Gasteiger partial charge in [-0.1, -0.05) is 22.5 Å². The highest BCUT2D eigenvalue weighted by Crippen LogP contribution is 2.05. The molecule has 18 heavy (non-hydrogen) atoms. The fourth-order valence-electron chi connectivity index (χ4n) is 1.71. The molecular weight excluding hydrogens is 360 g/mol. The van der Waals surface area contributed by atoms with Gasteiger partial charge in [0, 0.05) is 18.3 Å². The molecule has 0 unspecified atom stereocenters. The third-order valence-corrected chi connectivity index (χ3v) is 3.38. The van der Waals surface area contributed by atoms with Crippen LogP contribution in [0.15, 0.2) is 12.7 Å². The van der Waals surface area contributed by atoms with Gasteiger partial charge in [-0.15, -0.1) is 0 Å². The lowest BCUT2D eigenvalue weighted by Crippen LogP contribution is -3.00. The number of alkyl halides is 1. The molecule has 5 heteroatoms. The van der Waals surface area contributed by atoms with Crippen molar-refractivity contribution < 1.29 is 26.3 Å². The molecule has 0 saturated carbocycles. The van der Waals surface area contributed by atoms with Crippen molar-refractivity contribution in [2.45, 2.75) is 25.7 Å². The molecule has 0 aromatic heterocycles. The molecule has 0 spiro atoms. The summed E-state index contributed by atoms with van der Waals surface area (Å²) in [5.74, 6) is -0.0763. The second kappa shape index (κ2) is 12.2. The second-order valence-corrected chi connectivity index (χ2v) is 5.77. The number of carbonyl (C=O) groups excluding carboxylic acids is 1. The number of carbonyl (C=O) groups is 1. The molecule has 0 aromatic rings. The standard InChI is InChI=1S/C13H25BrN2O.BrH/c1-4-13(17)15-10-8-12-16(2,3)11-7-5-6-9-14;/h4H,1,5-12H2,2-3H3;1H. The summed E-state index contributed by atoms with van der Waals surface area (Å²) < 4.78 is 1.03. The average Bonchev–Trinajstić information content (AvgIpc) is 2.30. The Hall–Kier alpha value is 0.130. The van der Waals surface area contributed by atoms with Crippen molar-refractivity contribution in [3.05, 3.63) is 12.7 Å². The first-order chi connectivity index (χ1) is 8.02. The molecule has 0 aromatic carbocycles. The van der Waals surface area contributed by atoms with E-state index in [0.29, 0.717) is 0 Å². The first-order valence-electron chi connectivity index (χ1n) is 6.30. The third kappa shape index (κ3) is 12.6. The Labute approximate surface area is 130 Å². The van der Waals surface area contributed by atoms with E-state index in [1.807, 2.05) is 0 Å². The monoisotopic (exact) mass is 384 g/mol. The third-order valence-electron chi connectivity index (χ3n) is 2.82. The van der Waals surface area contributed by atoms with Gasteiger partial charge in [-0.05, 0) is 25.3 Å². The zero-order valence-corrected chi connectivity index (χ0v) is 14.7. The van der Waals surface area contributed by atoms with E-state index in [-0.39, 0.29) is 22.9 Å². The quantitative estimate of drug-likeness (QED) is 0.230. The predicted octanol–water partition coefficient (Wildman–Crippen LogP) is -0.676. The molecule has 0 atom stereocenters. The topological polar surface area (TPSA) is 29.1 Å². The molecule has 1 N–H and O–H groups in total. The molecule has 0 fully saturated rings. The van der Waals surface area contributed by atoms with Crippen molar-refractivity contribution in [2.75, 3.05) is 39.1 Å². The number of nitrogens with zero attached hydrogens (tertiary/aromatic N) is 1. The first-order valence-corrected chi connectivity index (χ1v) is 7.42. The van der Waals surface area contributed by atoms with Gasteiger partial charge >= 0.3 is 0 Å². The maximum atomic E-state index is 10.9. The van der Waals surface area contributed by atoms with Gasteiger partial charge in [0.05, 0.1) is 27.2 Å². The van der Waals surface area contributed by atoms with Crippen LogP contribution in [-0.2, 0) is 4.79 Å². The van der Waals surface area contributed by atoms with E-state index in [9.17, 15) is 4.79 Å². The predicted molar refractivity (Wildman–Crippen MR) is 77.3 cm³/mol. The Balaban J connectivity index is 0. The van der Waals surface area contributed by atoms with Crippen molar-refractivity contribution in [2.24, 2.45) is 0 Å². The van der Waals surface area contributed by atoms with E-state index in [0.717, 1.165) is 29.3 Å². The van der Waals surface area contributed by atoms with Crippen LogP contribution in [-0.4, -0.2) is 49.4 Å². The summed E-state index contributed by atoms with van der Waals surface area (Å²) in [5.41, 5.74) is 0. The Bertz CT molecular complexity index is 233. The number of halogens is 2. The highest BCUT2D eigenvalue weighted by atomic mass is 79.9. The van der Waals surface area contributed by atoms with E-state index >= 15 is 0 Å². The van der Waals surface area contributed by atoms with Gasteiger partial charge in [-0.2, -0.15) is 0 Å². The Morgan fingerprint density at radius 2 is 1.83 bits per heavy atom. The summed E-state index contributed by atoms with van der Waals surface area (Å²) in [7, 11) is 4.51. The smallest absolute Gasteiger partial charge is 0.243 e. The summed E-state index contributed by atoms with van der Waals surface area (Å²) in [5, 5.41) is 3.91. The zero-order valence-electron chi connectivity index (χ0n) is 11.6. The maximum absolute atomic E-state index is 10.9.